The van der Waals surface area contributed by atoms with E-state index in [2.05, 4.69) is 5.32 Å². The van der Waals surface area contributed by atoms with E-state index in [1.165, 1.54) is 13.0 Å². The van der Waals surface area contributed by atoms with Gasteiger partial charge >= 0.3 is 6.18 Å². The van der Waals surface area contributed by atoms with Crippen LogP contribution in [-0.4, -0.2) is 12.7 Å². The second-order valence-electron chi connectivity index (χ2n) is 3.53. The largest absolute Gasteiger partial charge is 0.407 e. The molecule has 0 amide bonds. The Morgan fingerprint density at radius 2 is 1.94 bits per heavy atom. The standard InChI is InChI=1S/C11H13F4N/c1-3-16-10(11(13,14)15)9-5-4-8(12)6-7(9)2/h4-6,10,16H,3H2,1-2H3. The molecule has 1 unspecified atom stereocenters. The van der Waals surface area contributed by atoms with Gasteiger partial charge in [-0.3, -0.25) is 0 Å². The summed E-state index contributed by atoms with van der Waals surface area (Å²) in [6.07, 6.45) is -4.38. The first-order valence-electron chi connectivity index (χ1n) is 4.92. The second-order valence-corrected chi connectivity index (χ2v) is 3.53. The van der Waals surface area contributed by atoms with Crippen molar-refractivity contribution in [2.75, 3.05) is 6.54 Å². The Kier molecular flexibility index (Phi) is 3.91. The minimum atomic E-state index is -4.38. The number of aryl methyl sites for hydroxylation is 1. The molecule has 0 spiro atoms. The van der Waals surface area contributed by atoms with E-state index in [0.29, 0.717) is 5.56 Å². The monoisotopic (exact) mass is 235 g/mol. The predicted octanol–water partition coefficient (Wildman–Crippen LogP) is 3.35. The van der Waals surface area contributed by atoms with Gasteiger partial charge in [0.15, 0.2) is 0 Å². The minimum absolute atomic E-state index is 0.0655. The number of benzene rings is 1. The Morgan fingerprint density at radius 1 is 1.31 bits per heavy atom. The Balaban J connectivity index is 3.11. The molecule has 1 N–H and O–H groups in total. The van der Waals surface area contributed by atoms with Crippen LogP contribution in [-0.2, 0) is 0 Å². The summed E-state index contributed by atoms with van der Waals surface area (Å²) in [5.41, 5.74) is 0.360. The molecule has 0 aliphatic carbocycles. The molecule has 0 aromatic heterocycles. The van der Waals surface area contributed by atoms with Gasteiger partial charge in [-0.05, 0) is 36.7 Å². The SMILES string of the molecule is CCNC(c1ccc(F)cc1C)C(F)(F)F. The van der Waals surface area contributed by atoms with Crippen LogP contribution in [0.1, 0.15) is 24.1 Å². The second kappa shape index (κ2) is 4.82. The van der Waals surface area contributed by atoms with Crippen LogP contribution in [0.4, 0.5) is 17.6 Å². The highest BCUT2D eigenvalue weighted by Gasteiger charge is 2.40. The Morgan fingerprint density at radius 3 is 2.38 bits per heavy atom. The first kappa shape index (κ1) is 13.0. The Hall–Kier alpha value is -1.10. The summed E-state index contributed by atoms with van der Waals surface area (Å²) in [4.78, 5) is 0. The molecule has 0 saturated carbocycles. The maximum absolute atomic E-state index is 12.8. The smallest absolute Gasteiger partial charge is 0.303 e. The maximum Gasteiger partial charge on any atom is 0.407 e. The maximum atomic E-state index is 12.8. The van der Waals surface area contributed by atoms with Crippen molar-refractivity contribution in [1.29, 1.82) is 0 Å². The van der Waals surface area contributed by atoms with Gasteiger partial charge in [0.1, 0.15) is 11.9 Å². The summed E-state index contributed by atoms with van der Waals surface area (Å²) < 4.78 is 50.9. The lowest BCUT2D eigenvalue weighted by molar-refractivity contribution is -0.157. The third-order valence-electron chi connectivity index (χ3n) is 2.28. The van der Waals surface area contributed by atoms with Crippen molar-refractivity contribution < 1.29 is 17.6 Å². The van der Waals surface area contributed by atoms with E-state index in [4.69, 9.17) is 0 Å². The molecule has 0 fully saturated rings. The predicted molar refractivity (Wildman–Crippen MR) is 53.6 cm³/mol. The highest BCUT2D eigenvalue weighted by molar-refractivity contribution is 5.30. The van der Waals surface area contributed by atoms with Gasteiger partial charge in [0, 0.05) is 0 Å². The number of nitrogens with one attached hydrogen (secondary N) is 1. The summed E-state index contributed by atoms with van der Waals surface area (Å²) in [7, 11) is 0. The molecule has 1 aromatic rings. The number of alkyl halides is 3. The molecular formula is C11H13F4N. The average molecular weight is 235 g/mol. The summed E-state index contributed by atoms with van der Waals surface area (Å²) in [5.74, 6) is -0.529. The molecule has 16 heavy (non-hydrogen) atoms. The van der Waals surface area contributed by atoms with E-state index in [0.717, 1.165) is 12.1 Å². The molecule has 5 heteroatoms. The Bertz CT molecular complexity index is 359. The zero-order valence-electron chi connectivity index (χ0n) is 9.03. The van der Waals surface area contributed by atoms with Gasteiger partial charge in [0.2, 0.25) is 0 Å². The molecule has 0 saturated heterocycles. The topological polar surface area (TPSA) is 12.0 Å². The van der Waals surface area contributed by atoms with Crippen molar-refractivity contribution in [3.8, 4) is 0 Å². The molecule has 1 nitrogen and oxygen atoms in total. The first-order chi connectivity index (χ1) is 7.36. The van der Waals surface area contributed by atoms with Gasteiger partial charge in [-0.1, -0.05) is 13.0 Å². The van der Waals surface area contributed by atoms with Crippen molar-refractivity contribution in [2.45, 2.75) is 26.1 Å². The molecule has 0 aliphatic rings. The number of halogens is 4. The fraction of sp³-hybridized carbons (Fsp3) is 0.455. The zero-order chi connectivity index (χ0) is 12.3. The van der Waals surface area contributed by atoms with Crippen molar-refractivity contribution in [1.82, 2.24) is 5.32 Å². The number of hydrogen-bond acceptors (Lipinski definition) is 1. The van der Waals surface area contributed by atoms with Gasteiger partial charge < -0.3 is 5.32 Å². The van der Waals surface area contributed by atoms with Crippen LogP contribution in [0.15, 0.2) is 18.2 Å². The van der Waals surface area contributed by atoms with Crippen LogP contribution in [0.5, 0.6) is 0 Å². The van der Waals surface area contributed by atoms with E-state index >= 15 is 0 Å². The lowest BCUT2D eigenvalue weighted by Gasteiger charge is -2.23. The molecule has 0 heterocycles. The van der Waals surface area contributed by atoms with Crippen LogP contribution < -0.4 is 5.32 Å². The van der Waals surface area contributed by atoms with Crippen molar-refractivity contribution in [3.63, 3.8) is 0 Å². The number of hydrogen-bond donors (Lipinski definition) is 1. The van der Waals surface area contributed by atoms with E-state index in [1.807, 2.05) is 0 Å². The fourth-order valence-corrected chi connectivity index (χ4v) is 1.57. The van der Waals surface area contributed by atoms with Crippen molar-refractivity contribution in [3.05, 3.63) is 35.1 Å². The average Bonchev–Trinajstić information content (AvgIpc) is 2.13. The molecule has 0 aliphatic heterocycles. The molecule has 1 rings (SSSR count). The molecule has 90 valence electrons. The van der Waals surface area contributed by atoms with Crippen LogP contribution in [0.25, 0.3) is 0 Å². The van der Waals surface area contributed by atoms with E-state index in [9.17, 15) is 17.6 Å². The lowest BCUT2D eigenvalue weighted by atomic mass is 10.0. The third kappa shape index (κ3) is 2.95. The van der Waals surface area contributed by atoms with Gasteiger partial charge in [-0.15, -0.1) is 0 Å². The summed E-state index contributed by atoms with van der Waals surface area (Å²) in [6, 6.07) is 1.58. The van der Waals surface area contributed by atoms with Gasteiger partial charge in [-0.25, -0.2) is 4.39 Å². The molecule has 0 radical (unpaired) electrons. The van der Waals surface area contributed by atoms with Crippen molar-refractivity contribution in [2.24, 2.45) is 0 Å². The summed E-state index contributed by atoms with van der Waals surface area (Å²) in [6.45, 7) is 3.26. The lowest BCUT2D eigenvalue weighted by Crippen LogP contribution is -2.34. The molecular weight excluding hydrogens is 222 g/mol. The zero-order valence-corrected chi connectivity index (χ0v) is 9.03. The van der Waals surface area contributed by atoms with Crippen LogP contribution in [0.3, 0.4) is 0 Å². The molecule has 0 bridgehead atoms. The van der Waals surface area contributed by atoms with Gasteiger partial charge in [0.25, 0.3) is 0 Å². The molecule has 1 aromatic carbocycles. The van der Waals surface area contributed by atoms with Crippen LogP contribution in [0, 0.1) is 12.7 Å². The van der Waals surface area contributed by atoms with E-state index in [1.54, 1.807) is 6.92 Å². The van der Waals surface area contributed by atoms with Gasteiger partial charge in [0.05, 0.1) is 0 Å². The minimum Gasteiger partial charge on any atom is -0.303 e. The Labute approximate surface area is 91.5 Å². The molecule has 1 atom stereocenters. The van der Waals surface area contributed by atoms with Crippen molar-refractivity contribution >= 4 is 0 Å². The summed E-state index contributed by atoms with van der Waals surface area (Å²) in [5, 5.41) is 2.35. The van der Waals surface area contributed by atoms with Gasteiger partial charge in [-0.2, -0.15) is 13.2 Å². The first-order valence-corrected chi connectivity index (χ1v) is 4.92. The van der Waals surface area contributed by atoms with Crippen LogP contribution >= 0.6 is 0 Å². The highest BCUT2D eigenvalue weighted by atomic mass is 19.4. The quantitative estimate of drug-likeness (QED) is 0.792. The van der Waals surface area contributed by atoms with E-state index in [-0.39, 0.29) is 12.1 Å². The highest BCUT2D eigenvalue weighted by Crippen LogP contribution is 2.34. The fourth-order valence-electron chi connectivity index (χ4n) is 1.57. The normalized spacial score (nSPS) is 13.9. The third-order valence-corrected chi connectivity index (χ3v) is 2.28. The summed E-state index contributed by atoms with van der Waals surface area (Å²) >= 11 is 0. The number of rotatable bonds is 3. The van der Waals surface area contributed by atoms with E-state index < -0.39 is 18.0 Å². The van der Waals surface area contributed by atoms with Crippen LogP contribution in [0.2, 0.25) is 0 Å².